The van der Waals surface area contributed by atoms with Crippen molar-refractivity contribution in [2.24, 2.45) is 5.73 Å². The fourth-order valence-electron chi connectivity index (χ4n) is 3.66. The first-order valence-electron chi connectivity index (χ1n) is 9.75. The number of phenols is 1. The van der Waals surface area contributed by atoms with Crippen molar-refractivity contribution >= 4 is 32.7 Å². The number of aromatic nitrogens is 1. The van der Waals surface area contributed by atoms with E-state index in [4.69, 9.17) is 5.73 Å². The summed E-state index contributed by atoms with van der Waals surface area (Å²) in [4.78, 5) is 24.9. The zero-order valence-corrected chi connectivity index (χ0v) is 19.7. The van der Waals surface area contributed by atoms with Crippen LogP contribution in [0.15, 0.2) is 45.8 Å². The van der Waals surface area contributed by atoms with Crippen LogP contribution < -0.4 is 11.2 Å². The Morgan fingerprint density at radius 1 is 1.00 bits per heavy atom. The van der Waals surface area contributed by atoms with Crippen molar-refractivity contribution in [3.05, 3.63) is 67.9 Å². The number of benzene rings is 2. The van der Waals surface area contributed by atoms with Crippen LogP contribution in [-0.4, -0.2) is 15.6 Å². The smallest absolute Gasteiger partial charge is 0.254 e. The maximum atomic E-state index is 12.9. The number of pyridine rings is 1. The summed E-state index contributed by atoms with van der Waals surface area (Å²) in [6.07, 6.45) is 1.47. The summed E-state index contributed by atoms with van der Waals surface area (Å²) in [5, 5.41) is 11.2. The predicted octanol–water partition coefficient (Wildman–Crippen LogP) is 5.15. The van der Waals surface area contributed by atoms with Gasteiger partial charge in [-0.3, -0.25) is 9.59 Å². The third kappa shape index (κ3) is 3.88. The van der Waals surface area contributed by atoms with Crippen molar-refractivity contribution in [1.29, 1.82) is 0 Å². The Balaban J connectivity index is 2.52. The lowest BCUT2D eigenvalue weighted by molar-refractivity contribution is 0.0999. The highest BCUT2D eigenvalue weighted by molar-refractivity contribution is 9.10. The number of rotatable bonds is 2. The minimum atomic E-state index is -0.788. The van der Waals surface area contributed by atoms with Gasteiger partial charge in [-0.25, -0.2) is 0 Å². The van der Waals surface area contributed by atoms with Crippen LogP contribution in [0.5, 0.6) is 5.75 Å². The van der Waals surface area contributed by atoms with Crippen molar-refractivity contribution in [1.82, 2.24) is 4.57 Å². The zero-order chi connectivity index (χ0) is 22.6. The lowest BCUT2D eigenvalue weighted by Crippen LogP contribution is -2.25. The molecule has 5 nitrogen and oxygen atoms in total. The van der Waals surface area contributed by atoms with Gasteiger partial charge in [0.05, 0.1) is 11.2 Å². The van der Waals surface area contributed by atoms with Crippen molar-refractivity contribution < 1.29 is 9.90 Å². The standard InChI is InChI=1S/C24H27BrN2O3/c1-23(2,3)16-10-17(24(4,5)6)20(28)11-19(16)27-12-15(22(26)30)21(29)14-9-13(25)7-8-18(14)27/h7-12,28H,1-6H3,(H2,26,30). The quantitative estimate of drug-likeness (QED) is 0.542. The number of aromatic hydroxyl groups is 1. The van der Waals surface area contributed by atoms with Crippen LogP contribution in [0.1, 0.15) is 63.0 Å². The van der Waals surface area contributed by atoms with Crippen LogP contribution in [0, 0.1) is 0 Å². The Hall–Kier alpha value is -2.60. The van der Waals surface area contributed by atoms with Crippen LogP contribution in [0.2, 0.25) is 0 Å². The number of nitrogens with zero attached hydrogens (tertiary/aromatic N) is 1. The van der Waals surface area contributed by atoms with Crippen molar-refractivity contribution in [2.45, 2.75) is 52.4 Å². The first-order chi connectivity index (χ1) is 13.7. The summed E-state index contributed by atoms with van der Waals surface area (Å²) in [5.41, 5.74) is 7.62. The molecule has 158 valence electrons. The molecule has 0 saturated carbocycles. The molecule has 0 aliphatic rings. The highest BCUT2D eigenvalue weighted by atomic mass is 79.9. The van der Waals surface area contributed by atoms with Crippen LogP contribution in [0.4, 0.5) is 0 Å². The van der Waals surface area contributed by atoms with Gasteiger partial charge >= 0.3 is 0 Å². The molecule has 0 bridgehead atoms. The Morgan fingerprint density at radius 3 is 2.13 bits per heavy atom. The Bertz CT molecular complexity index is 1230. The Morgan fingerprint density at radius 2 is 1.60 bits per heavy atom. The first-order valence-corrected chi connectivity index (χ1v) is 10.5. The zero-order valence-electron chi connectivity index (χ0n) is 18.1. The van der Waals surface area contributed by atoms with Gasteiger partial charge in [-0.1, -0.05) is 57.5 Å². The molecule has 0 spiro atoms. The summed E-state index contributed by atoms with van der Waals surface area (Å²) >= 11 is 3.39. The summed E-state index contributed by atoms with van der Waals surface area (Å²) in [6, 6.07) is 9.05. The molecule has 0 fully saturated rings. The fraction of sp³-hybridized carbons (Fsp3) is 0.333. The van der Waals surface area contributed by atoms with Crippen LogP contribution >= 0.6 is 15.9 Å². The lowest BCUT2D eigenvalue weighted by Gasteiger charge is -2.29. The minimum absolute atomic E-state index is 0.0974. The summed E-state index contributed by atoms with van der Waals surface area (Å²) in [6.45, 7) is 12.4. The van der Waals surface area contributed by atoms with E-state index in [0.29, 0.717) is 16.6 Å². The number of halogens is 1. The van der Waals surface area contributed by atoms with E-state index in [1.165, 1.54) is 6.20 Å². The molecular weight excluding hydrogens is 444 g/mol. The number of primary amides is 1. The molecule has 3 aromatic rings. The van der Waals surface area contributed by atoms with Gasteiger partial charge in [0.1, 0.15) is 11.3 Å². The van der Waals surface area contributed by atoms with Crippen molar-refractivity contribution in [2.75, 3.05) is 0 Å². The highest BCUT2D eigenvalue weighted by Crippen LogP contribution is 2.39. The van der Waals surface area contributed by atoms with Gasteiger partial charge in [-0.2, -0.15) is 0 Å². The van der Waals surface area contributed by atoms with Gasteiger partial charge in [-0.05, 0) is 46.2 Å². The second kappa shape index (κ2) is 7.27. The van der Waals surface area contributed by atoms with Gasteiger partial charge in [0, 0.05) is 22.1 Å². The molecule has 3 N–H and O–H groups in total. The molecule has 0 atom stereocenters. The second-order valence-electron chi connectivity index (χ2n) is 9.65. The number of nitrogens with two attached hydrogens (primary N) is 1. The molecule has 0 aliphatic heterocycles. The summed E-state index contributed by atoms with van der Waals surface area (Å²) in [7, 11) is 0. The minimum Gasteiger partial charge on any atom is -0.508 e. The van der Waals surface area contributed by atoms with E-state index in [9.17, 15) is 14.7 Å². The van der Waals surface area contributed by atoms with E-state index in [-0.39, 0.29) is 22.1 Å². The van der Waals surface area contributed by atoms with Crippen LogP contribution in [0.25, 0.3) is 16.6 Å². The third-order valence-electron chi connectivity index (χ3n) is 5.22. The number of carbonyl (C=O) groups excluding carboxylic acids is 1. The first kappa shape index (κ1) is 22.1. The van der Waals surface area contributed by atoms with E-state index in [0.717, 1.165) is 15.6 Å². The lowest BCUT2D eigenvalue weighted by atomic mass is 9.79. The van der Waals surface area contributed by atoms with Crippen molar-refractivity contribution in [3.63, 3.8) is 0 Å². The number of fused-ring (bicyclic) bond motifs is 1. The van der Waals surface area contributed by atoms with Gasteiger partial charge in [0.25, 0.3) is 5.91 Å². The van der Waals surface area contributed by atoms with Gasteiger partial charge in [0.15, 0.2) is 0 Å². The van der Waals surface area contributed by atoms with E-state index in [1.54, 1.807) is 16.7 Å². The number of carbonyl (C=O) groups is 1. The molecule has 30 heavy (non-hydrogen) atoms. The normalized spacial score (nSPS) is 12.4. The van der Waals surface area contributed by atoms with E-state index in [2.05, 4.69) is 36.7 Å². The SMILES string of the molecule is CC(C)(C)c1cc(C(C)(C)C)c(-n2cc(C(N)=O)c(=O)c3cc(Br)ccc32)cc1O. The highest BCUT2D eigenvalue weighted by Gasteiger charge is 2.27. The summed E-state index contributed by atoms with van der Waals surface area (Å²) < 4.78 is 2.50. The predicted molar refractivity (Wildman–Crippen MR) is 125 cm³/mol. The monoisotopic (exact) mass is 470 g/mol. The van der Waals surface area contributed by atoms with Gasteiger partial charge < -0.3 is 15.4 Å². The van der Waals surface area contributed by atoms with Crippen LogP contribution in [-0.2, 0) is 10.8 Å². The van der Waals surface area contributed by atoms with Crippen molar-refractivity contribution in [3.8, 4) is 11.4 Å². The van der Waals surface area contributed by atoms with Gasteiger partial charge in [0.2, 0.25) is 5.43 Å². The summed E-state index contributed by atoms with van der Waals surface area (Å²) in [5.74, 6) is -0.626. The molecule has 1 aromatic heterocycles. The molecule has 6 heteroatoms. The van der Waals surface area contributed by atoms with E-state index < -0.39 is 11.3 Å². The molecule has 3 rings (SSSR count). The number of amides is 1. The molecule has 0 unspecified atom stereocenters. The molecule has 0 aliphatic carbocycles. The number of hydrogen-bond acceptors (Lipinski definition) is 3. The molecule has 0 saturated heterocycles. The Labute approximate surface area is 184 Å². The third-order valence-corrected chi connectivity index (χ3v) is 5.71. The van der Waals surface area contributed by atoms with E-state index >= 15 is 0 Å². The average Bonchev–Trinajstić information content (AvgIpc) is 2.59. The number of hydrogen-bond donors (Lipinski definition) is 2. The largest absolute Gasteiger partial charge is 0.508 e. The maximum absolute atomic E-state index is 12.9. The topological polar surface area (TPSA) is 85.3 Å². The molecule has 1 amide bonds. The number of phenolic OH excluding ortho intramolecular Hbond substituents is 1. The maximum Gasteiger partial charge on any atom is 0.254 e. The fourth-order valence-corrected chi connectivity index (χ4v) is 4.02. The molecule has 1 heterocycles. The average molecular weight is 471 g/mol. The molecule has 0 radical (unpaired) electrons. The second-order valence-corrected chi connectivity index (χ2v) is 10.6. The Kier molecular flexibility index (Phi) is 5.35. The van der Waals surface area contributed by atoms with E-state index in [1.807, 2.05) is 39.0 Å². The molecular formula is C24H27BrN2O3. The molecule has 2 aromatic carbocycles. The van der Waals surface area contributed by atoms with Gasteiger partial charge in [-0.15, -0.1) is 0 Å². The van der Waals surface area contributed by atoms with Crippen LogP contribution in [0.3, 0.4) is 0 Å².